The Kier molecular flexibility index (Phi) is 5.18. The summed E-state index contributed by atoms with van der Waals surface area (Å²) >= 11 is 0. The number of carbonyl (C=O) groups excluding carboxylic acids is 1. The molecule has 1 aromatic carbocycles. The lowest BCUT2D eigenvalue weighted by Gasteiger charge is -2.26. The molecule has 1 heterocycles. The summed E-state index contributed by atoms with van der Waals surface area (Å²) in [6.07, 6.45) is 1.10. The topological polar surface area (TPSA) is 119 Å². The molecule has 25 heavy (non-hydrogen) atoms. The minimum Gasteiger partial charge on any atom is -0.463 e. The summed E-state index contributed by atoms with van der Waals surface area (Å²) in [4.78, 5) is 12.5. The summed E-state index contributed by atoms with van der Waals surface area (Å²) in [5, 5.41) is 9.45. The van der Waals surface area contributed by atoms with Crippen molar-refractivity contribution in [2.45, 2.75) is 24.7 Å². The number of hydrogen-bond acceptors (Lipinski definition) is 7. The summed E-state index contributed by atoms with van der Waals surface area (Å²) in [6.45, 7) is 3.39. The standard InChI is InChI=1S/C17H18N2O5S/c1-4-23-17(20)14-10(2)24-16(19)13(9-18)15(14)11-5-7-12(8-6-11)25(3,21)22/h5-8,15H,4,19H2,1-3H3. The monoisotopic (exact) mass is 362 g/mol. The molecule has 1 atom stereocenters. The SMILES string of the molecule is CCOC(=O)C1=C(C)OC(N)=C(C#N)C1c1ccc(S(C)(=O)=O)cc1. The fraction of sp³-hybridized carbons (Fsp3) is 0.294. The van der Waals surface area contributed by atoms with E-state index in [1.54, 1.807) is 26.0 Å². The number of benzene rings is 1. The number of sulfone groups is 1. The molecule has 1 aromatic rings. The lowest BCUT2D eigenvalue weighted by Crippen LogP contribution is -2.25. The first kappa shape index (κ1) is 18.5. The molecule has 2 rings (SSSR count). The molecule has 0 bridgehead atoms. The Morgan fingerprint density at radius 2 is 1.96 bits per heavy atom. The van der Waals surface area contributed by atoms with Crippen molar-refractivity contribution in [3.8, 4) is 6.07 Å². The highest BCUT2D eigenvalue weighted by molar-refractivity contribution is 7.90. The number of carbonyl (C=O) groups is 1. The number of allylic oxidation sites excluding steroid dienone is 2. The lowest BCUT2D eigenvalue weighted by molar-refractivity contribution is -0.139. The largest absolute Gasteiger partial charge is 0.463 e. The minimum atomic E-state index is -3.36. The van der Waals surface area contributed by atoms with Crippen molar-refractivity contribution in [3.63, 3.8) is 0 Å². The van der Waals surface area contributed by atoms with Crippen LogP contribution in [0.15, 0.2) is 51.9 Å². The van der Waals surface area contributed by atoms with Crippen molar-refractivity contribution >= 4 is 15.8 Å². The van der Waals surface area contributed by atoms with E-state index in [0.29, 0.717) is 5.56 Å². The van der Waals surface area contributed by atoms with Crippen LogP contribution in [-0.2, 0) is 24.1 Å². The Bertz CT molecular complexity index is 905. The van der Waals surface area contributed by atoms with Crippen LogP contribution in [0.2, 0.25) is 0 Å². The van der Waals surface area contributed by atoms with Crippen LogP contribution >= 0.6 is 0 Å². The van der Waals surface area contributed by atoms with Gasteiger partial charge in [-0.05, 0) is 31.5 Å². The second-order valence-electron chi connectivity index (χ2n) is 5.46. The second kappa shape index (κ2) is 6.99. The third-order valence-electron chi connectivity index (χ3n) is 3.74. The summed E-state index contributed by atoms with van der Waals surface area (Å²) in [5.41, 5.74) is 6.57. The van der Waals surface area contributed by atoms with Gasteiger partial charge in [0.25, 0.3) is 0 Å². The number of nitrogens with two attached hydrogens (primary N) is 1. The first-order valence-corrected chi connectivity index (χ1v) is 9.35. The molecule has 0 amide bonds. The molecule has 7 nitrogen and oxygen atoms in total. The first-order chi connectivity index (χ1) is 11.7. The Labute approximate surface area is 146 Å². The van der Waals surface area contributed by atoms with Crippen molar-refractivity contribution in [2.75, 3.05) is 12.9 Å². The molecular weight excluding hydrogens is 344 g/mol. The van der Waals surface area contributed by atoms with Crippen LogP contribution in [0.25, 0.3) is 0 Å². The van der Waals surface area contributed by atoms with Gasteiger partial charge in [-0.25, -0.2) is 13.2 Å². The zero-order valence-corrected chi connectivity index (χ0v) is 14.9. The molecule has 132 valence electrons. The van der Waals surface area contributed by atoms with Gasteiger partial charge in [-0.3, -0.25) is 0 Å². The zero-order chi connectivity index (χ0) is 18.8. The maximum absolute atomic E-state index is 12.4. The number of rotatable bonds is 4. The van der Waals surface area contributed by atoms with Gasteiger partial charge in [0, 0.05) is 6.26 Å². The fourth-order valence-corrected chi connectivity index (χ4v) is 3.23. The molecule has 0 spiro atoms. The number of nitrogens with zero attached hydrogens (tertiary/aromatic N) is 1. The molecule has 1 unspecified atom stereocenters. The van der Waals surface area contributed by atoms with Gasteiger partial charge in [-0.15, -0.1) is 0 Å². The molecular formula is C17H18N2O5S. The average Bonchev–Trinajstić information content (AvgIpc) is 2.53. The van der Waals surface area contributed by atoms with Gasteiger partial charge in [0.05, 0.1) is 23.0 Å². The van der Waals surface area contributed by atoms with Crippen molar-refractivity contribution in [2.24, 2.45) is 5.73 Å². The van der Waals surface area contributed by atoms with Crippen molar-refractivity contribution in [1.82, 2.24) is 0 Å². The van der Waals surface area contributed by atoms with E-state index in [4.69, 9.17) is 15.2 Å². The van der Waals surface area contributed by atoms with E-state index >= 15 is 0 Å². The third-order valence-corrected chi connectivity index (χ3v) is 4.87. The van der Waals surface area contributed by atoms with Gasteiger partial charge < -0.3 is 15.2 Å². The van der Waals surface area contributed by atoms with Crippen LogP contribution in [0.4, 0.5) is 0 Å². The Hall–Kier alpha value is -2.79. The predicted molar refractivity (Wildman–Crippen MR) is 89.5 cm³/mol. The summed E-state index contributed by atoms with van der Waals surface area (Å²) in [7, 11) is -3.36. The Morgan fingerprint density at radius 1 is 1.36 bits per heavy atom. The highest BCUT2D eigenvalue weighted by Gasteiger charge is 2.36. The summed E-state index contributed by atoms with van der Waals surface area (Å²) in [5.74, 6) is -1.25. The zero-order valence-electron chi connectivity index (χ0n) is 14.1. The number of esters is 1. The van der Waals surface area contributed by atoms with Crippen molar-refractivity contribution < 1.29 is 22.7 Å². The van der Waals surface area contributed by atoms with E-state index in [-0.39, 0.29) is 34.3 Å². The fourth-order valence-electron chi connectivity index (χ4n) is 2.60. The van der Waals surface area contributed by atoms with E-state index in [0.717, 1.165) is 6.26 Å². The molecule has 1 aliphatic heterocycles. The predicted octanol–water partition coefficient (Wildman–Crippen LogP) is 1.73. The molecule has 0 fully saturated rings. The highest BCUT2D eigenvalue weighted by atomic mass is 32.2. The third kappa shape index (κ3) is 3.67. The van der Waals surface area contributed by atoms with Crippen LogP contribution in [0, 0.1) is 11.3 Å². The molecule has 2 N–H and O–H groups in total. The number of hydrogen-bond donors (Lipinski definition) is 1. The molecule has 0 radical (unpaired) electrons. The normalized spacial score (nSPS) is 17.8. The second-order valence-corrected chi connectivity index (χ2v) is 7.47. The maximum Gasteiger partial charge on any atom is 0.338 e. The van der Waals surface area contributed by atoms with Gasteiger partial charge in [-0.2, -0.15) is 5.26 Å². The quantitative estimate of drug-likeness (QED) is 0.810. The van der Waals surface area contributed by atoms with E-state index < -0.39 is 21.7 Å². The van der Waals surface area contributed by atoms with Crippen LogP contribution in [0.3, 0.4) is 0 Å². The number of ether oxygens (including phenoxy) is 2. The Morgan fingerprint density at radius 3 is 2.44 bits per heavy atom. The van der Waals surface area contributed by atoms with Crippen LogP contribution < -0.4 is 5.73 Å². The van der Waals surface area contributed by atoms with E-state index in [1.807, 2.05) is 6.07 Å². The first-order valence-electron chi connectivity index (χ1n) is 7.46. The van der Waals surface area contributed by atoms with E-state index in [9.17, 15) is 18.5 Å². The van der Waals surface area contributed by atoms with E-state index in [1.165, 1.54) is 12.1 Å². The van der Waals surface area contributed by atoms with Gasteiger partial charge in [0.2, 0.25) is 5.88 Å². The summed E-state index contributed by atoms with van der Waals surface area (Å²) < 4.78 is 33.6. The van der Waals surface area contributed by atoms with Gasteiger partial charge >= 0.3 is 5.97 Å². The molecule has 0 saturated heterocycles. The van der Waals surface area contributed by atoms with Crippen LogP contribution in [0.5, 0.6) is 0 Å². The smallest absolute Gasteiger partial charge is 0.338 e. The number of nitriles is 1. The van der Waals surface area contributed by atoms with Gasteiger partial charge in [-0.1, -0.05) is 12.1 Å². The summed E-state index contributed by atoms with van der Waals surface area (Å²) in [6, 6.07) is 7.89. The van der Waals surface area contributed by atoms with Crippen molar-refractivity contribution in [3.05, 3.63) is 52.6 Å². The van der Waals surface area contributed by atoms with Gasteiger partial charge in [0.1, 0.15) is 17.4 Å². The van der Waals surface area contributed by atoms with Crippen LogP contribution in [-0.4, -0.2) is 27.2 Å². The van der Waals surface area contributed by atoms with E-state index in [2.05, 4.69) is 0 Å². The van der Waals surface area contributed by atoms with Crippen LogP contribution in [0.1, 0.15) is 25.3 Å². The van der Waals surface area contributed by atoms with Crippen molar-refractivity contribution in [1.29, 1.82) is 5.26 Å². The molecule has 0 aliphatic carbocycles. The maximum atomic E-state index is 12.4. The molecule has 8 heteroatoms. The lowest BCUT2D eigenvalue weighted by atomic mass is 9.83. The van der Waals surface area contributed by atoms with Gasteiger partial charge in [0.15, 0.2) is 9.84 Å². The molecule has 0 saturated carbocycles. The minimum absolute atomic E-state index is 0.0701. The average molecular weight is 362 g/mol. The highest BCUT2D eigenvalue weighted by Crippen LogP contribution is 2.39. The molecule has 1 aliphatic rings. The Balaban J connectivity index is 2.60. The molecule has 0 aromatic heterocycles.